The van der Waals surface area contributed by atoms with E-state index in [1.807, 2.05) is 43.3 Å². The fourth-order valence-corrected chi connectivity index (χ4v) is 2.63. The Hall–Kier alpha value is -1.92. The van der Waals surface area contributed by atoms with E-state index in [9.17, 15) is 4.79 Å². The number of aromatic nitrogens is 3. The van der Waals surface area contributed by atoms with Gasteiger partial charge in [0, 0.05) is 44.8 Å². The molecule has 1 aliphatic rings. The van der Waals surface area contributed by atoms with Gasteiger partial charge >= 0.3 is 0 Å². The smallest absolute Gasteiger partial charge is 0.274 e. The molecule has 3 heterocycles. The highest BCUT2D eigenvalue weighted by Crippen LogP contribution is 2.23. The second-order valence-electron chi connectivity index (χ2n) is 5.30. The lowest BCUT2D eigenvalue weighted by Crippen LogP contribution is -2.48. The maximum Gasteiger partial charge on any atom is 0.274 e. The minimum Gasteiger partial charge on any atom is -0.328 e. The SMILES string of the molecule is Cc1cc(C(=O)N2CCNCC2c2cccnc2)nn1C.Cl. The lowest BCUT2D eigenvalue weighted by atomic mass is 10.0. The Labute approximate surface area is 135 Å². The summed E-state index contributed by atoms with van der Waals surface area (Å²) in [5, 5.41) is 7.64. The van der Waals surface area contributed by atoms with Crippen molar-refractivity contribution in [3.63, 3.8) is 0 Å². The zero-order valence-corrected chi connectivity index (χ0v) is 13.5. The summed E-state index contributed by atoms with van der Waals surface area (Å²) in [7, 11) is 1.85. The summed E-state index contributed by atoms with van der Waals surface area (Å²) in [6.45, 7) is 4.16. The molecule has 0 aromatic carbocycles. The minimum absolute atomic E-state index is 0. The third kappa shape index (κ3) is 3.13. The molecule has 1 unspecified atom stereocenters. The summed E-state index contributed by atoms with van der Waals surface area (Å²) >= 11 is 0. The summed E-state index contributed by atoms with van der Waals surface area (Å²) in [6, 6.07) is 5.75. The lowest BCUT2D eigenvalue weighted by Gasteiger charge is -2.36. The van der Waals surface area contributed by atoms with Crippen molar-refractivity contribution in [1.82, 2.24) is 25.0 Å². The number of aryl methyl sites for hydroxylation is 2. The summed E-state index contributed by atoms with van der Waals surface area (Å²) in [6.07, 6.45) is 3.57. The molecule has 118 valence electrons. The van der Waals surface area contributed by atoms with E-state index in [0.717, 1.165) is 24.3 Å². The molecule has 3 rings (SSSR count). The molecule has 1 amide bonds. The minimum atomic E-state index is -0.0194. The van der Waals surface area contributed by atoms with Crippen LogP contribution in [0.2, 0.25) is 0 Å². The number of carbonyl (C=O) groups excluding carboxylic acids is 1. The third-order valence-corrected chi connectivity index (χ3v) is 3.91. The van der Waals surface area contributed by atoms with Crippen LogP contribution < -0.4 is 5.32 Å². The van der Waals surface area contributed by atoms with E-state index >= 15 is 0 Å². The first-order valence-electron chi connectivity index (χ1n) is 7.09. The summed E-state index contributed by atoms with van der Waals surface area (Å²) in [5.74, 6) is -0.0194. The Bertz CT molecular complexity index is 623. The average molecular weight is 322 g/mol. The van der Waals surface area contributed by atoms with E-state index in [0.29, 0.717) is 12.2 Å². The molecule has 7 heteroatoms. The number of rotatable bonds is 2. The van der Waals surface area contributed by atoms with Crippen molar-refractivity contribution in [2.24, 2.45) is 7.05 Å². The molecule has 1 N–H and O–H groups in total. The van der Waals surface area contributed by atoms with Gasteiger partial charge in [-0.2, -0.15) is 5.10 Å². The van der Waals surface area contributed by atoms with E-state index in [2.05, 4.69) is 15.4 Å². The normalized spacial score (nSPS) is 17.9. The highest BCUT2D eigenvalue weighted by molar-refractivity contribution is 5.92. The molecule has 0 spiro atoms. The van der Waals surface area contributed by atoms with Crippen LogP contribution in [0.15, 0.2) is 30.6 Å². The number of nitrogens with one attached hydrogen (secondary N) is 1. The van der Waals surface area contributed by atoms with Crippen LogP contribution in [-0.4, -0.2) is 45.2 Å². The van der Waals surface area contributed by atoms with Gasteiger partial charge in [-0.1, -0.05) is 6.07 Å². The van der Waals surface area contributed by atoms with Gasteiger partial charge in [-0.05, 0) is 24.6 Å². The van der Waals surface area contributed by atoms with Crippen molar-refractivity contribution < 1.29 is 4.79 Å². The Morgan fingerprint density at radius 2 is 2.27 bits per heavy atom. The quantitative estimate of drug-likeness (QED) is 0.906. The average Bonchev–Trinajstić information content (AvgIpc) is 2.87. The molecule has 2 aromatic heterocycles. The van der Waals surface area contributed by atoms with Crippen LogP contribution in [0, 0.1) is 6.92 Å². The van der Waals surface area contributed by atoms with E-state index in [4.69, 9.17) is 0 Å². The van der Waals surface area contributed by atoms with Crippen molar-refractivity contribution in [3.8, 4) is 0 Å². The van der Waals surface area contributed by atoms with Crippen molar-refractivity contribution in [2.75, 3.05) is 19.6 Å². The summed E-state index contributed by atoms with van der Waals surface area (Å²) < 4.78 is 1.73. The van der Waals surface area contributed by atoms with Crippen molar-refractivity contribution in [3.05, 3.63) is 47.5 Å². The second-order valence-corrected chi connectivity index (χ2v) is 5.30. The molecule has 1 atom stereocenters. The van der Waals surface area contributed by atoms with Gasteiger partial charge in [-0.25, -0.2) is 0 Å². The molecule has 1 fully saturated rings. The maximum absolute atomic E-state index is 12.8. The third-order valence-electron chi connectivity index (χ3n) is 3.91. The van der Waals surface area contributed by atoms with Crippen LogP contribution in [0.25, 0.3) is 0 Å². The molecular formula is C15H20ClN5O. The first-order chi connectivity index (χ1) is 10.2. The molecule has 0 radical (unpaired) electrons. The van der Waals surface area contributed by atoms with Crippen LogP contribution >= 0.6 is 12.4 Å². The van der Waals surface area contributed by atoms with Gasteiger partial charge in [0.25, 0.3) is 5.91 Å². The van der Waals surface area contributed by atoms with Crippen molar-refractivity contribution >= 4 is 18.3 Å². The predicted molar refractivity (Wildman–Crippen MR) is 86.1 cm³/mol. The summed E-state index contributed by atoms with van der Waals surface area (Å²) in [5.41, 5.74) is 2.53. The fraction of sp³-hybridized carbons (Fsp3) is 0.400. The van der Waals surface area contributed by atoms with E-state index in [-0.39, 0.29) is 24.4 Å². The van der Waals surface area contributed by atoms with E-state index in [1.54, 1.807) is 10.9 Å². The molecule has 0 saturated carbocycles. The second kappa shape index (κ2) is 6.89. The first-order valence-corrected chi connectivity index (χ1v) is 7.09. The van der Waals surface area contributed by atoms with Gasteiger partial charge in [-0.15, -0.1) is 12.4 Å². The Morgan fingerprint density at radius 1 is 1.45 bits per heavy atom. The van der Waals surface area contributed by atoms with Gasteiger partial charge in [-0.3, -0.25) is 14.5 Å². The molecule has 1 saturated heterocycles. The monoisotopic (exact) mass is 321 g/mol. The topological polar surface area (TPSA) is 63.1 Å². The standard InChI is InChI=1S/C15H19N5O.ClH/c1-11-8-13(18-19(11)2)15(21)20-7-6-17-10-14(20)12-4-3-5-16-9-12;/h3-5,8-9,14,17H,6-7,10H2,1-2H3;1H. The van der Waals surface area contributed by atoms with Crippen LogP contribution in [0.5, 0.6) is 0 Å². The number of nitrogens with zero attached hydrogens (tertiary/aromatic N) is 4. The van der Waals surface area contributed by atoms with Crippen LogP contribution in [-0.2, 0) is 7.05 Å². The number of carbonyl (C=O) groups is 1. The van der Waals surface area contributed by atoms with Crippen LogP contribution in [0.4, 0.5) is 0 Å². The lowest BCUT2D eigenvalue weighted by molar-refractivity contribution is 0.0627. The highest BCUT2D eigenvalue weighted by Gasteiger charge is 2.30. The van der Waals surface area contributed by atoms with Gasteiger partial charge < -0.3 is 10.2 Å². The maximum atomic E-state index is 12.8. The number of pyridine rings is 1. The number of piperazine rings is 1. The molecular weight excluding hydrogens is 302 g/mol. The molecule has 2 aromatic rings. The zero-order chi connectivity index (χ0) is 14.8. The van der Waals surface area contributed by atoms with Crippen molar-refractivity contribution in [1.29, 1.82) is 0 Å². The summed E-state index contributed by atoms with van der Waals surface area (Å²) in [4.78, 5) is 18.8. The number of hydrogen-bond acceptors (Lipinski definition) is 4. The van der Waals surface area contributed by atoms with Crippen molar-refractivity contribution in [2.45, 2.75) is 13.0 Å². The highest BCUT2D eigenvalue weighted by atomic mass is 35.5. The van der Waals surface area contributed by atoms with Crippen LogP contribution in [0.1, 0.15) is 27.8 Å². The molecule has 0 bridgehead atoms. The Morgan fingerprint density at radius 3 is 2.91 bits per heavy atom. The molecule has 22 heavy (non-hydrogen) atoms. The number of amides is 1. The van der Waals surface area contributed by atoms with E-state index in [1.165, 1.54) is 0 Å². The molecule has 1 aliphatic heterocycles. The number of halogens is 1. The van der Waals surface area contributed by atoms with Gasteiger partial charge in [0.1, 0.15) is 0 Å². The molecule has 0 aliphatic carbocycles. The van der Waals surface area contributed by atoms with Crippen LogP contribution in [0.3, 0.4) is 0 Å². The fourth-order valence-electron chi connectivity index (χ4n) is 2.63. The van der Waals surface area contributed by atoms with Gasteiger partial charge in [0.2, 0.25) is 0 Å². The number of hydrogen-bond donors (Lipinski definition) is 1. The predicted octanol–water partition coefficient (Wildman–Crippen LogP) is 1.33. The molecule has 6 nitrogen and oxygen atoms in total. The zero-order valence-electron chi connectivity index (χ0n) is 12.7. The Kier molecular flexibility index (Phi) is 5.15. The largest absolute Gasteiger partial charge is 0.328 e. The first kappa shape index (κ1) is 16.5. The Balaban J connectivity index is 0.00000176. The van der Waals surface area contributed by atoms with Gasteiger partial charge in [0.05, 0.1) is 6.04 Å². The van der Waals surface area contributed by atoms with Gasteiger partial charge in [0.15, 0.2) is 5.69 Å². The van der Waals surface area contributed by atoms with E-state index < -0.39 is 0 Å².